The highest BCUT2D eigenvalue weighted by Gasteiger charge is 2.18. The molecule has 1 aromatic carbocycles. The fourth-order valence-corrected chi connectivity index (χ4v) is 1.93. The fourth-order valence-electron chi connectivity index (χ4n) is 1.82. The lowest BCUT2D eigenvalue weighted by Gasteiger charge is -2.09. The molecule has 1 aromatic heterocycles. The number of methoxy groups -OCH3 is 1. The number of anilines is 1. The summed E-state index contributed by atoms with van der Waals surface area (Å²) in [6.45, 7) is 0.553. The average molecular weight is 327 g/mol. The Morgan fingerprint density at radius 3 is 2.86 bits per heavy atom. The molecule has 0 aliphatic carbocycles. The number of aromatic nitrogens is 2. The van der Waals surface area contributed by atoms with Gasteiger partial charge in [0.05, 0.1) is 24.8 Å². The van der Waals surface area contributed by atoms with Crippen molar-refractivity contribution in [3.05, 3.63) is 24.3 Å². The number of ether oxygens (including phenoxy) is 2. The minimum Gasteiger partial charge on any atom is -0.453 e. The highest BCUT2D eigenvalue weighted by molar-refractivity contribution is 6.17. The summed E-state index contributed by atoms with van der Waals surface area (Å²) in [4.78, 5) is 27.9. The lowest BCUT2D eigenvalue weighted by molar-refractivity contribution is 0.179. The standard InChI is InChI=1S/C13H15ClN4O4/c1-21-13(20)17-11-16-9-4-2-3-5-10(9)18(11)12(19)15-6-7-22-8-14/h2-5H,6-8H2,1H3,(H,15,19)(H,16,17,20). The first-order chi connectivity index (χ1) is 10.7. The quantitative estimate of drug-likeness (QED) is 0.647. The molecule has 0 bridgehead atoms. The van der Waals surface area contributed by atoms with Crippen LogP contribution in [0.1, 0.15) is 0 Å². The van der Waals surface area contributed by atoms with E-state index in [0.717, 1.165) is 0 Å². The molecule has 0 saturated carbocycles. The predicted molar refractivity (Wildman–Crippen MR) is 81.2 cm³/mol. The average Bonchev–Trinajstić information content (AvgIpc) is 2.89. The van der Waals surface area contributed by atoms with Crippen LogP contribution in [-0.2, 0) is 9.47 Å². The van der Waals surface area contributed by atoms with Gasteiger partial charge in [-0.25, -0.2) is 19.1 Å². The van der Waals surface area contributed by atoms with Gasteiger partial charge in [0, 0.05) is 6.54 Å². The third-order valence-electron chi connectivity index (χ3n) is 2.76. The highest BCUT2D eigenvalue weighted by Crippen LogP contribution is 2.19. The number of rotatable bonds is 5. The van der Waals surface area contributed by atoms with E-state index < -0.39 is 12.1 Å². The molecule has 9 heteroatoms. The molecule has 118 valence electrons. The van der Waals surface area contributed by atoms with Crippen LogP contribution in [0.2, 0.25) is 0 Å². The van der Waals surface area contributed by atoms with E-state index in [1.165, 1.54) is 11.7 Å². The summed E-state index contributed by atoms with van der Waals surface area (Å²) >= 11 is 5.38. The third kappa shape index (κ3) is 3.66. The largest absolute Gasteiger partial charge is 0.453 e. The predicted octanol–water partition coefficient (Wildman–Crippen LogP) is 1.99. The fraction of sp³-hybridized carbons (Fsp3) is 0.308. The molecule has 0 saturated heterocycles. The molecule has 1 heterocycles. The van der Waals surface area contributed by atoms with Crippen molar-refractivity contribution in [2.75, 3.05) is 31.6 Å². The summed E-state index contributed by atoms with van der Waals surface area (Å²) in [5.41, 5.74) is 1.13. The minimum absolute atomic E-state index is 0.0546. The number of fused-ring (bicyclic) bond motifs is 1. The first kappa shape index (κ1) is 16.1. The van der Waals surface area contributed by atoms with E-state index in [-0.39, 0.29) is 25.2 Å². The smallest absolute Gasteiger partial charge is 0.413 e. The van der Waals surface area contributed by atoms with Crippen LogP contribution in [0.3, 0.4) is 0 Å². The molecule has 0 spiro atoms. The van der Waals surface area contributed by atoms with E-state index in [1.54, 1.807) is 24.3 Å². The summed E-state index contributed by atoms with van der Waals surface area (Å²) in [6, 6.07) is 6.62. The molecule has 0 unspecified atom stereocenters. The molecule has 2 rings (SSSR count). The van der Waals surface area contributed by atoms with Crippen LogP contribution < -0.4 is 10.6 Å². The Bertz CT molecular complexity index is 673. The van der Waals surface area contributed by atoms with Crippen LogP contribution in [0, 0.1) is 0 Å². The van der Waals surface area contributed by atoms with Crippen molar-refractivity contribution in [1.82, 2.24) is 14.9 Å². The normalized spacial score (nSPS) is 10.5. The second-order valence-corrected chi connectivity index (χ2v) is 4.34. The zero-order valence-electron chi connectivity index (χ0n) is 11.8. The molecule has 22 heavy (non-hydrogen) atoms. The molecular weight excluding hydrogens is 312 g/mol. The van der Waals surface area contributed by atoms with E-state index >= 15 is 0 Å². The second-order valence-electron chi connectivity index (χ2n) is 4.13. The van der Waals surface area contributed by atoms with Gasteiger partial charge in [0.1, 0.15) is 6.07 Å². The number of carbonyl (C=O) groups is 2. The molecule has 2 aromatic rings. The zero-order valence-corrected chi connectivity index (χ0v) is 12.6. The topological polar surface area (TPSA) is 94.5 Å². The first-order valence-electron chi connectivity index (χ1n) is 6.41. The van der Waals surface area contributed by atoms with Crippen molar-refractivity contribution < 1.29 is 19.1 Å². The summed E-state index contributed by atoms with van der Waals surface area (Å²) < 4.78 is 10.7. The van der Waals surface area contributed by atoms with Crippen LogP contribution >= 0.6 is 11.6 Å². The number of benzene rings is 1. The SMILES string of the molecule is COC(=O)Nc1nc2ccccc2n1C(=O)NCCOCCl. The maximum atomic E-state index is 12.3. The van der Waals surface area contributed by atoms with Gasteiger partial charge in [0.15, 0.2) is 0 Å². The van der Waals surface area contributed by atoms with Gasteiger partial charge in [-0.05, 0) is 12.1 Å². The van der Waals surface area contributed by atoms with E-state index in [4.69, 9.17) is 16.3 Å². The Morgan fingerprint density at radius 1 is 1.36 bits per heavy atom. The summed E-state index contributed by atoms with van der Waals surface area (Å²) in [5.74, 6) is 0.0730. The zero-order chi connectivity index (χ0) is 15.9. The van der Waals surface area contributed by atoms with Crippen LogP contribution in [-0.4, -0.2) is 48.0 Å². The van der Waals surface area contributed by atoms with Gasteiger partial charge in [-0.1, -0.05) is 23.7 Å². The number of carbonyl (C=O) groups excluding carboxylic acids is 2. The summed E-state index contributed by atoms with van der Waals surface area (Å²) in [5, 5.41) is 5.06. The van der Waals surface area contributed by atoms with Crippen molar-refractivity contribution in [2.24, 2.45) is 0 Å². The van der Waals surface area contributed by atoms with Crippen LogP contribution in [0.15, 0.2) is 24.3 Å². The van der Waals surface area contributed by atoms with E-state index in [9.17, 15) is 9.59 Å². The lowest BCUT2D eigenvalue weighted by atomic mass is 10.3. The molecule has 0 radical (unpaired) electrons. The van der Waals surface area contributed by atoms with Gasteiger partial charge in [0.25, 0.3) is 0 Å². The van der Waals surface area contributed by atoms with Crippen molar-refractivity contribution in [3.63, 3.8) is 0 Å². The van der Waals surface area contributed by atoms with Gasteiger partial charge in [-0.3, -0.25) is 5.32 Å². The van der Waals surface area contributed by atoms with Crippen LogP contribution in [0.4, 0.5) is 15.5 Å². The van der Waals surface area contributed by atoms with Crippen LogP contribution in [0.5, 0.6) is 0 Å². The lowest BCUT2D eigenvalue weighted by Crippen LogP contribution is -2.32. The molecule has 0 aliphatic heterocycles. The number of imidazole rings is 1. The second kappa shape index (κ2) is 7.62. The molecular formula is C13H15ClN4O4. The van der Waals surface area contributed by atoms with Gasteiger partial charge in [-0.2, -0.15) is 0 Å². The van der Waals surface area contributed by atoms with Crippen LogP contribution in [0.25, 0.3) is 11.0 Å². The van der Waals surface area contributed by atoms with Gasteiger partial charge in [0.2, 0.25) is 5.95 Å². The molecule has 8 nitrogen and oxygen atoms in total. The number of alkyl halides is 1. The van der Waals surface area contributed by atoms with Gasteiger partial charge >= 0.3 is 12.1 Å². The summed E-state index contributed by atoms with van der Waals surface area (Å²) in [6.07, 6.45) is -0.713. The Morgan fingerprint density at radius 2 is 2.14 bits per heavy atom. The molecule has 0 fully saturated rings. The number of para-hydroxylation sites is 2. The first-order valence-corrected chi connectivity index (χ1v) is 6.95. The molecule has 0 aliphatic rings. The van der Waals surface area contributed by atoms with Gasteiger partial charge < -0.3 is 14.8 Å². The van der Waals surface area contributed by atoms with E-state index in [1.807, 2.05) is 0 Å². The number of amides is 2. The third-order valence-corrected chi connectivity index (χ3v) is 2.92. The number of halogens is 1. The molecule has 0 atom stereocenters. The minimum atomic E-state index is -0.713. The number of hydrogen-bond acceptors (Lipinski definition) is 5. The van der Waals surface area contributed by atoms with E-state index in [0.29, 0.717) is 11.0 Å². The maximum Gasteiger partial charge on any atom is 0.413 e. The Balaban J connectivity index is 2.26. The number of nitrogens with one attached hydrogen (secondary N) is 2. The maximum absolute atomic E-state index is 12.3. The number of nitrogens with zero attached hydrogens (tertiary/aromatic N) is 2. The summed E-state index contributed by atoms with van der Waals surface area (Å²) in [7, 11) is 1.23. The van der Waals surface area contributed by atoms with Crippen molar-refractivity contribution in [2.45, 2.75) is 0 Å². The van der Waals surface area contributed by atoms with Crippen molar-refractivity contribution in [1.29, 1.82) is 0 Å². The van der Waals surface area contributed by atoms with Crippen molar-refractivity contribution >= 4 is 40.7 Å². The Kier molecular flexibility index (Phi) is 5.56. The Hall–Kier alpha value is -2.32. The monoisotopic (exact) mass is 326 g/mol. The molecule has 2 amide bonds. The number of hydrogen-bond donors (Lipinski definition) is 2. The highest BCUT2D eigenvalue weighted by atomic mass is 35.5. The van der Waals surface area contributed by atoms with Gasteiger partial charge in [-0.15, -0.1) is 0 Å². The Labute approximate surface area is 131 Å². The van der Waals surface area contributed by atoms with Crippen molar-refractivity contribution in [3.8, 4) is 0 Å². The van der Waals surface area contributed by atoms with E-state index in [2.05, 4.69) is 20.4 Å². The molecule has 2 N–H and O–H groups in total.